The van der Waals surface area contributed by atoms with Crippen LogP contribution in [0.25, 0.3) is 0 Å². The molecule has 12 heavy (non-hydrogen) atoms. The molecule has 0 aliphatic carbocycles. The molecule has 0 fully saturated rings. The van der Waals surface area contributed by atoms with E-state index >= 15 is 0 Å². The SMILES string of the molecule is CC(F)(F)C(C)(C)CS(N)(=O)=O. The second-order valence-corrected chi connectivity index (χ2v) is 5.19. The van der Waals surface area contributed by atoms with Gasteiger partial charge in [0.05, 0.1) is 5.75 Å². The minimum atomic E-state index is -3.84. The molecule has 6 heteroatoms. The zero-order chi connectivity index (χ0) is 10.2. The molecule has 74 valence electrons. The first kappa shape index (κ1) is 11.8. The van der Waals surface area contributed by atoms with Gasteiger partial charge in [-0.1, -0.05) is 13.8 Å². The Bertz CT molecular complexity index is 253. The lowest BCUT2D eigenvalue weighted by molar-refractivity contribution is -0.0767. The van der Waals surface area contributed by atoms with Gasteiger partial charge in [-0.15, -0.1) is 0 Å². The average molecular weight is 201 g/mol. The first-order valence-electron chi connectivity index (χ1n) is 3.34. The molecule has 0 aromatic rings. The van der Waals surface area contributed by atoms with Crippen molar-refractivity contribution in [3.05, 3.63) is 0 Å². The molecule has 0 aromatic heterocycles. The van der Waals surface area contributed by atoms with Crippen LogP contribution in [0.15, 0.2) is 0 Å². The Labute approximate surface area is 71.0 Å². The minimum absolute atomic E-state index is 0.679. The van der Waals surface area contributed by atoms with Crippen LogP contribution in [-0.4, -0.2) is 20.1 Å². The summed E-state index contributed by atoms with van der Waals surface area (Å²) in [4.78, 5) is 0. The Balaban J connectivity index is 4.67. The summed E-state index contributed by atoms with van der Waals surface area (Å²) in [6, 6.07) is 0. The third kappa shape index (κ3) is 3.44. The first-order valence-corrected chi connectivity index (χ1v) is 5.05. The van der Waals surface area contributed by atoms with Crippen LogP contribution >= 0.6 is 0 Å². The van der Waals surface area contributed by atoms with Gasteiger partial charge in [0.15, 0.2) is 0 Å². The van der Waals surface area contributed by atoms with Crippen LogP contribution in [0.2, 0.25) is 0 Å². The van der Waals surface area contributed by atoms with Gasteiger partial charge < -0.3 is 0 Å². The zero-order valence-electron chi connectivity index (χ0n) is 7.27. The van der Waals surface area contributed by atoms with Crippen LogP contribution in [0.4, 0.5) is 8.78 Å². The van der Waals surface area contributed by atoms with Crippen LogP contribution < -0.4 is 5.14 Å². The normalized spacial score (nSPS) is 14.8. The maximum atomic E-state index is 12.7. The summed E-state index contributed by atoms with van der Waals surface area (Å²) >= 11 is 0. The smallest absolute Gasteiger partial charge is 0.229 e. The molecule has 3 nitrogen and oxygen atoms in total. The Kier molecular flexibility index (Phi) is 2.86. The predicted octanol–water partition coefficient (Wildman–Crippen LogP) is 0.956. The summed E-state index contributed by atoms with van der Waals surface area (Å²) in [5, 5.41) is 4.66. The van der Waals surface area contributed by atoms with Crippen molar-refractivity contribution in [1.82, 2.24) is 0 Å². The number of hydrogen-bond acceptors (Lipinski definition) is 2. The third-order valence-electron chi connectivity index (χ3n) is 1.75. The molecule has 0 radical (unpaired) electrons. The van der Waals surface area contributed by atoms with E-state index in [0.29, 0.717) is 6.92 Å². The van der Waals surface area contributed by atoms with Crippen molar-refractivity contribution in [1.29, 1.82) is 0 Å². The highest BCUT2D eigenvalue weighted by Gasteiger charge is 2.44. The lowest BCUT2D eigenvalue weighted by atomic mass is 9.89. The number of primary sulfonamides is 1. The summed E-state index contributed by atoms with van der Waals surface area (Å²) in [5.41, 5.74) is -1.62. The number of rotatable bonds is 3. The topological polar surface area (TPSA) is 60.2 Å². The second kappa shape index (κ2) is 2.92. The summed E-state index contributed by atoms with van der Waals surface area (Å²) in [5.74, 6) is -3.77. The van der Waals surface area contributed by atoms with Crippen LogP contribution in [0.5, 0.6) is 0 Å². The van der Waals surface area contributed by atoms with Crippen molar-refractivity contribution in [3.8, 4) is 0 Å². The van der Waals surface area contributed by atoms with Gasteiger partial charge in [-0.05, 0) is 6.92 Å². The van der Waals surface area contributed by atoms with Gasteiger partial charge in [-0.25, -0.2) is 22.3 Å². The van der Waals surface area contributed by atoms with Crippen LogP contribution in [-0.2, 0) is 10.0 Å². The minimum Gasteiger partial charge on any atom is -0.229 e. The van der Waals surface area contributed by atoms with Gasteiger partial charge in [-0.3, -0.25) is 0 Å². The standard InChI is InChI=1S/C6H13F2NO2S/c1-5(2,6(3,7)8)4-12(9,10)11/h4H2,1-3H3,(H2,9,10,11). The van der Waals surface area contributed by atoms with Gasteiger partial charge in [0.2, 0.25) is 10.0 Å². The van der Waals surface area contributed by atoms with Crippen LogP contribution in [0.1, 0.15) is 20.8 Å². The fraction of sp³-hybridized carbons (Fsp3) is 1.00. The number of hydrogen-bond donors (Lipinski definition) is 1. The van der Waals surface area contributed by atoms with E-state index in [1.165, 1.54) is 0 Å². The molecule has 0 aliphatic rings. The highest BCUT2D eigenvalue weighted by atomic mass is 32.2. The third-order valence-corrected chi connectivity index (χ3v) is 2.87. The van der Waals surface area contributed by atoms with Crippen molar-refractivity contribution in [2.24, 2.45) is 10.6 Å². The molecule has 0 rings (SSSR count). The van der Waals surface area contributed by atoms with E-state index in [1.54, 1.807) is 0 Å². The van der Waals surface area contributed by atoms with Crippen molar-refractivity contribution in [2.75, 3.05) is 5.75 Å². The van der Waals surface area contributed by atoms with Gasteiger partial charge >= 0.3 is 0 Å². The maximum Gasteiger partial charge on any atom is 0.251 e. The fourth-order valence-electron chi connectivity index (χ4n) is 0.630. The van der Waals surface area contributed by atoms with Gasteiger partial charge in [0.1, 0.15) is 0 Å². The number of halogens is 2. The van der Waals surface area contributed by atoms with E-state index in [-0.39, 0.29) is 0 Å². The van der Waals surface area contributed by atoms with Crippen molar-refractivity contribution >= 4 is 10.0 Å². The van der Waals surface area contributed by atoms with Crippen molar-refractivity contribution in [3.63, 3.8) is 0 Å². The summed E-state index contributed by atoms with van der Waals surface area (Å²) < 4.78 is 46.5. The molecule has 0 heterocycles. The average Bonchev–Trinajstić information content (AvgIpc) is 1.52. The zero-order valence-corrected chi connectivity index (χ0v) is 8.08. The molecule has 0 aromatic carbocycles. The highest BCUT2D eigenvalue weighted by molar-refractivity contribution is 7.89. The van der Waals surface area contributed by atoms with Crippen molar-refractivity contribution < 1.29 is 17.2 Å². The number of sulfonamides is 1. The quantitative estimate of drug-likeness (QED) is 0.739. The van der Waals surface area contributed by atoms with Gasteiger partial charge in [0.25, 0.3) is 5.92 Å². The summed E-state index contributed by atoms with van der Waals surface area (Å²) in [6.45, 7) is 3.01. The summed E-state index contributed by atoms with van der Waals surface area (Å²) in [6.07, 6.45) is 0. The van der Waals surface area contributed by atoms with E-state index < -0.39 is 27.1 Å². The van der Waals surface area contributed by atoms with Crippen LogP contribution in [0.3, 0.4) is 0 Å². The molecule has 0 amide bonds. The maximum absolute atomic E-state index is 12.7. The molecule has 0 saturated heterocycles. The monoisotopic (exact) mass is 201 g/mol. The molecule has 0 aliphatic heterocycles. The largest absolute Gasteiger partial charge is 0.251 e. The van der Waals surface area contributed by atoms with E-state index in [4.69, 9.17) is 0 Å². The Morgan fingerprint density at radius 3 is 1.67 bits per heavy atom. The fourth-order valence-corrected chi connectivity index (χ4v) is 1.89. The van der Waals surface area contributed by atoms with E-state index in [2.05, 4.69) is 5.14 Å². The van der Waals surface area contributed by atoms with E-state index in [1.807, 2.05) is 0 Å². The van der Waals surface area contributed by atoms with Crippen LogP contribution in [0, 0.1) is 5.41 Å². The molecule has 2 N–H and O–H groups in total. The molecule has 0 unspecified atom stereocenters. The molecular formula is C6H13F2NO2S. The van der Waals surface area contributed by atoms with E-state index in [0.717, 1.165) is 13.8 Å². The second-order valence-electron chi connectivity index (χ2n) is 3.58. The first-order chi connectivity index (χ1) is 4.96. The number of nitrogens with two attached hydrogens (primary N) is 1. The van der Waals surface area contributed by atoms with Crippen molar-refractivity contribution in [2.45, 2.75) is 26.7 Å². The molecule has 0 atom stereocenters. The lowest BCUT2D eigenvalue weighted by Crippen LogP contribution is -2.41. The van der Waals surface area contributed by atoms with Gasteiger partial charge in [-0.2, -0.15) is 0 Å². The van der Waals surface area contributed by atoms with Gasteiger partial charge in [0, 0.05) is 5.41 Å². The lowest BCUT2D eigenvalue weighted by Gasteiger charge is -2.29. The van der Waals surface area contributed by atoms with E-state index in [9.17, 15) is 17.2 Å². The highest BCUT2D eigenvalue weighted by Crippen LogP contribution is 2.36. The number of alkyl halides is 2. The molecule has 0 bridgehead atoms. The summed E-state index contributed by atoms with van der Waals surface area (Å²) in [7, 11) is -3.84. The molecular weight excluding hydrogens is 188 g/mol. The molecule has 0 saturated carbocycles. The Morgan fingerprint density at radius 1 is 1.25 bits per heavy atom. The molecule has 0 spiro atoms. The Hall–Kier alpha value is -0.230. The Morgan fingerprint density at radius 2 is 1.58 bits per heavy atom. The predicted molar refractivity (Wildman–Crippen MR) is 42.4 cm³/mol.